The number of rotatable bonds is 4. The number of hydrogen-bond acceptors (Lipinski definition) is 4. The summed E-state index contributed by atoms with van der Waals surface area (Å²) < 4.78 is 42.4. The monoisotopic (exact) mass is 363 g/mol. The number of para-hydroxylation sites is 1. The third-order valence-electron chi connectivity index (χ3n) is 3.50. The number of pyridine rings is 1. The number of carbonyl (C=O) groups excluding carboxylic acids is 1. The number of halogens is 3. The van der Waals surface area contributed by atoms with E-state index >= 15 is 0 Å². The Bertz CT molecular complexity index is 1020. The minimum atomic E-state index is -4.85. The largest absolute Gasteiger partial charge is 0.573 e. The smallest absolute Gasteiger partial charge is 0.405 e. The van der Waals surface area contributed by atoms with E-state index in [0.717, 1.165) is 12.3 Å². The number of hydrogen-bond donors (Lipinski definition) is 1. The van der Waals surface area contributed by atoms with Crippen LogP contribution in [-0.4, -0.2) is 21.7 Å². The Kier molecular flexibility index (Phi) is 4.61. The second-order valence-corrected chi connectivity index (χ2v) is 5.24. The first-order valence-electron chi connectivity index (χ1n) is 7.43. The molecule has 0 atom stereocenters. The molecular weight excluding hydrogens is 351 g/mol. The Hall–Kier alpha value is -3.36. The summed E-state index contributed by atoms with van der Waals surface area (Å²) in [7, 11) is 0. The third kappa shape index (κ3) is 3.82. The zero-order valence-corrected chi connectivity index (χ0v) is 13.2. The lowest BCUT2D eigenvalue weighted by Gasteiger charge is -2.13. The molecule has 9 heteroatoms. The van der Waals surface area contributed by atoms with Crippen LogP contribution in [0.2, 0.25) is 0 Å². The summed E-state index contributed by atoms with van der Waals surface area (Å²) in [6.07, 6.45) is -2.25. The second kappa shape index (κ2) is 6.87. The predicted molar refractivity (Wildman–Crippen MR) is 85.8 cm³/mol. The van der Waals surface area contributed by atoms with Gasteiger partial charge < -0.3 is 10.1 Å². The van der Waals surface area contributed by atoms with E-state index in [2.05, 4.69) is 15.0 Å². The molecule has 0 saturated heterocycles. The van der Waals surface area contributed by atoms with Crippen LogP contribution in [-0.2, 0) is 6.54 Å². The van der Waals surface area contributed by atoms with E-state index in [4.69, 9.17) is 0 Å². The topological polar surface area (TPSA) is 72.7 Å². The lowest BCUT2D eigenvalue weighted by molar-refractivity contribution is -0.274. The predicted octanol–water partition coefficient (Wildman–Crippen LogP) is 2.52. The van der Waals surface area contributed by atoms with Crippen LogP contribution in [0.5, 0.6) is 5.75 Å². The molecule has 0 radical (unpaired) electrons. The van der Waals surface area contributed by atoms with Gasteiger partial charge in [-0.25, -0.2) is 4.98 Å². The Morgan fingerprint density at radius 2 is 1.88 bits per heavy atom. The molecule has 1 aromatic carbocycles. The van der Waals surface area contributed by atoms with Crippen LogP contribution in [0.4, 0.5) is 13.2 Å². The lowest BCUT2D eigenvalue weighted by atomic mass is 10.2. The standard InChI is InChI=1S/C17H12F3N3O3/c18-17(19,20)26-13-6-2-1-5-11(13)9-22-15(24)12-10-21-14-7-3-4-8-23(14)16(12)25/h1-8,10H,9H2,(H,22,24). The van der Waals surface area contributed by atoms with E-state index in [9.17, 15) is 22.8 Å². The maximum atomic E-state index is 12.4. The highest BCUT2D eigenvalue weighted by atomic mass is 19.4. The lowest BCUT2D eigenvalue weighted by Crippen LogP contribution is -2.31. The average Bonchev–Trinajstić information content (AvgIpc) is 2.60. The van der Waals surface area contributed by atoms with E-state index in [1.165, 1.54) is 28.8 Å². The summed E-state index contributed by atoms with van der Waals surface area (Å²) in [5.41, 5.74) is -0.305. The molecule has 134 valence electrons. The van der Waals surface area contributed by atoms with Crippen LogP contribution in [0.15, 0.2) is 59.7 Å². The molecule has 2 heterocycles. The fourth-order valence-electron chi connectivity index (χ4n) is 2.33. The van der Waals surface area contributed by atoms with Gasteiger partial charge >= 0.3 is 6.36 Å². The van der Waals surface area contributed by atoms with E-state index < -0.39 is 23.6 Å². The number of nitrogens with one attached hydrogen (secondary N) is 1. The SMILES string of the molecule is O=C(NCc1ccccc1OC(F)(F)F)c1cnc2ccccn2c1=O. The summed E-state index contributed by atoms with van der Waals surface area (Å²) in [6, 6.07) is 10.3. The van der Waals surface area contributed by atoms with E-state index in [0.29, 0.717) is 5.65 Å². The van der Waals surface area contributed by atoms with Crippen molar-refractivity contribution in [1.82, 2.24) is 14.7 Å². The van der Waals surface area contributed by atoms with Crippen LogP contribution < -0.4 is 15.6 Å². The van der Waals surface area contributed by atoms with Gasteiger partial charge in [-0.15, -0.1) is 13.2 Å². The number of nitrogens with zero attached hydrogens (tertiary/aromatic N) is 2. The quantitative estimate of drug-likeness (QED) is 0.773. The van der Waals surface area contributed by atoms with Crippen molar-refractivity contribution in [2.45, 2.75) is 12.9 Å². The van der Waals surface area contributed by atoms with Gasteiger partial charge in [0.1, 0.15) is 17.0 Å². The zero-order chi connectivity index (χ0) is 18.7. The Morgan fingerprint density at radius 1 is 1.15 bits per heavy atom. The minimum absolute atomic E-state index is 0.118. The van der Waals surface area contributed by atoms with Crippen molar-refractivity contribution in [3.8, 4) is 5.75 Å². The molecule has 0 spiro atoms. The second-order valence-electron chi connectivity index (χ2n) is 5.24. The van der Waals surface area contributed by atoms with Crippen molar-refractivity contribution in [2.75, 3.05) is 0 Å². The van der Waals surface area contributed by atoms with Gasteiger partial charge in [-0.05, 0) is 18.2 Å². The maximum Gasteiger partial charge on any atom is 0.573 e. The van der Waals surface area contributed by atoms with Crippen molar-refractivity contribution in [3.63, 3.8) is 0 Å². The number of alkyl halides is 3. The molecular formula is C17H12F3N3O3. The van der Waals surface area contributed by atoms with Crippen LogP contribution in [0.25, 0.3) is 5.65 Å². The first kappa shape index (κ1) is 17.5. The molecule has 0 aliphatic heterocycles. The Morgan fingerprint density at radius 3 is 2.65 bits per heavy atom. The Balaban J connectivity index is 1.80. The normalized spacial score (nSPS) is 11.3. The fourth-order valence-corrected chi connectivity index (χ4v) is 2.33. The molecule has 6 nitrogen and oxygen atoms in total. The first-order valence-corrected chi connectivity index (χ1v) is 7.43. The molecule has 0 aliphatic rings. The van der Waals surface area contributed by atoms with Crippen molar-refractivity contribution in [3.05, 3.63) is 76.3 Å². The summed E-state index contributed by atoms with van der Waals surface area (Å²) in [5.74, 6) is -1.17. The molecule has 26 heavy (non-hydrogen) atoms. The van der Waals surface area contributed by atoms with Gasteiger partial charge in [0.2, 0.25) is 0 Å². The van der Waals surface area contributed by atoms with Gasteiger partial charge in [0.25, 0.3) is 11.5 Å². The molecule has 3 aromatic rings. The van der Waals surface area contributed by atoms with Gasteiger partial charge in [0.15, 0.2) is 0 Å². The van der Waals surface area contributed by atoms with Gasteiger partial charge in [0, 0.05) is 24.5 Å². The number of aromatic nitrogens is 2. The van der Waals surface area contributed by atoms with E-state index in [1.54, 1.807) is 18.2 Å². The molecule has 0 unspecified atom stereocenters. The van der Waals surface area contributed by atoms with Crippen LogP contribution in [0.1, 0.15) is 15.9 Å². The summed E-state index contributed by atoms with van der Waals surface area (Å²) in [5, 5.41) is 2.41. The van der Waals surface area contributed by atoms with E-state index in [-0.39, 0.29) is 17.7 Å². The van der Waals surface area contributed by atoms with Crippen LogP contribution >= 0.6 is 0 Å². The highest BCUT2D eigenvalue weighted by Crippen LogP contribution is 2.26. The fraction of sp³-hybridized carbons (Fsp3) is 0.118. The minimum Gasteiger partial charge on any atom is -0.405 e. The molecule has 1 N–H and O–H groups in total. The highest BCUT2D eigenvalue weighted by Gasteiger charge is 2.32. The van der Waals surface area contributed by atoms with Crippen molar-refractivity contribution in [2.24, 2.45) is 0 Å². The van der Waals surface area contributed by atoms with Crippen LogP contribution in [0, 0.1) is 0 Å². The average molecular weight is 363 g/mol. The molecule has 0 fully saturated rings. The molecule has 0 bridgehead atoms. The van der Waals surface area contributed by atoms with Gasteiger partial charge in [-0.1, -0.05) is 24.3 Å². The van der Waals surface area contributed by atoms with E-state index in [1.807, 2.05) is 0 Å². The maximum absolute atomic E-state index is 12.4. The van der Waals surface area contributed by atoms with Crippen molar-refractivity contribution < 1.29 is 22.7 Å². The zero-order valence-electron chi connectivity index (χ0n) is 13.2. The van der Waals surface area contributed by atoms with Gasteiger partial charge in [-0.3, -0.25) is 14.0 Å². The number of ether oxygens (including phenoxy) is 1. The third-order valence-corrected chi connectivity index (χ3v) is 3.50. The van der Waals surface area contributed by atoms with Gasteiger partial charge in [0.05, 0.1) is 0 Å². The highest BCUT2D eigenvalue weighted by molar-refractivity contribution is 5.93. The first-order chi connectivity index (χ1) is 12.3. The number of benzene rings is 1. The molecule has 3 rings (SSSR count). The molecule has 0 aliphatic carbocycles. The summed E-state index contributed by atoms with van der Waals surface area (Å²) >= 11 is 0. The summed E-state index contributed by atoms with van der Waals surface area (Å²) in [6.45, 7) is -0.248. The van der Waals surface area contributed by atoms with Crippen LogP contribution in [0.3, 0.4) is 0 Å². The van der Waals surface area contributed by atoms with Crippen molar-refractivity contribution in [1.29, 1.82) is 0 Å². The Labute approximate surface area is 144 Å². The number of fused-ring (bicyclic) bond motifs is 1. The summed E-state index contributed by atoms with van der Waals surface area (Å²) in [4.78, 5) is 28.6. The molecule has 1 amide bonds. The molecule has 0 saturated carbocycles. The number of amides is 1. The van der Waals surface area contributed by atoms with Crippen molar-refractivity contribution >= 4 is 11.6 Å². The number of carbonyl (C=O) groups is 1. The van der Waals surface area contributed by atoms with Gasteiger partial charge in [-0.2, -0.15) is 0 Å². The molecule has 2 aromatic heterocycles.